The Morgan fingerprint density at radius 1 is 1.12 bits per heavy atom. The number of carbonyl (C=O) groups is 2. The van der Waals surface area contributed by atoms with Crippen LogP contribution in [0.15, 0.2) is 53.4 Å². The molecule has 0 bridgehead atoms. The summed E-state index contributed by atoms with van der Waals surface area (Å²) in [5.74, 6) is 0.668. The van der Waals surface area contributed by atoms with E-state index in [0.717, 1.165) is 18.3 Å². The first kappa shape index (κ1) is 30.0. The van der Waals surface area contributed by atoms with Crippen LogP contribution in [0.2, 0.25) is 0 Å². The molecule has 10 nitrogen and oxygen atoms in total. The molecule has 1 N–H and O–H groups in total. The molecule has 4 rings (SSSR count). The maximum atomic E-state index is 13.6. The van der Waals surface area contributed by atoms with E-state index in [1.54, 1.807) is 24.3 Å². The number of amides is 1. The van der Waals surface area contributed by atoms with Crippen molar-refractivity contribution in [2.75, 3.05) is 33.4 Å². The number of benzene rings is 2. The molecule has 1 amide bonds. The number of ether oxygens (including phenoxy) is 4. The third kappa shape index (κ3) is 7.60. The number of nitrogens with one attached hydrogen (secondary N) is 1. The van der Waals surface area contributed by atoms with E-state index < -0.39 is 28.3 Å². The Morgan fingerprint density at radius 3 is 2.50 bits per heavy atom. The van der Waals surface area contributed by atoms with Gasteiger partial charge in [0.25, 0.3) is 0 Å². The molecule has 2 aromatic carbocycles. The summed E-state index contributed by atoms with van der Waals surface area (Å²) in [6.07, 6.45) is 1.01. The summed E-state index contributed by atoms with van der Waals surface area (Å²) in [7, 11) is -2.26. The second-order valence-electron chi connectivity index (χ2n) is 10.6. The monoisotopic (exact) mass is 574 g/mol. The molecule has 40 heavy (non-hydrogen) atoms. The molecule has 2 saturated heterocycles. The number of methoxy groups -OCH3 is 1. The largest absolute Gasteiger partial charge is 0.497 e. The summed E-state index contributed by atoms with van der Waals surface area (Å²) in [4.78, 5) is 24.2. The average Bonchev–Trinajstić information content (AvgIpc) is 3.56. The first-order chi connectivity index (χ1) is 19.2. The molecular weight excluding hydrogens is 536 g/mol. The van der Waals surface area contributed by atoms with E-state index in [9.17, 15) is 18.0 Å². The van der Waals surface area contributed by atoms with Crippen molar-refractivity contribution in [1.29, 1.82) is 0 Å². The topological polar surface area (TPSA) is 120 Å². The summed E-state index contributed by atoms with van der Waals surface area (Å²) in [6.45, 7) is 5.29. The third-order valence-corrected chi connectivity index (χ3v) is 9.04. The van der Waals surface area contributed by atoms with Crippen molar-refractivity contribution in [3.8, 4) is 5.75 Å². The smallest absolute Gasteiger partial charge is 0.407 e. The van der Waals surface area contributed by atoms with Crippen LogP contribution >= 0.6 is 0 Å². The molecule has 0 saturated carbocycles. The minimum Gasteiger partial charge on any atom is -0.497 e. The predicted molar refractivity (Wildman–Crippen MR) is 148 cm³/mol. The highest BCUT2D eigenvalue weighted by atomic mass is 32.2. The van der Waals surface area contributed by atoms with Crippen molar-refractivity contribution < 1.29 is 37.0 Å². The van der Waals surface area contributed by atoms with Gasteiger partial charge in [-0.2, -0.15) is 4.31 Å². The van der Waals surface area contributed by atoms with Crippen molar-refractivity contribution in [2.45, 2.75) is 56.4 Å². The molecule has 2 aliphatic heterocycles. The van der Waals surface area contributed by atoms with Crippen LogP contribution in [0.4, 0.5) is 4.79 Å². The van der Waals surface area contributed by atoms with E-state index in [2.05, 4.69) is 5.32 Å². The van der Waals surface area contributed by atoms with Crippen LogP contribution < -0.4 is 10.1 Å². The number of alkyl carbamates (subject to hydrolysis) is 1. The number of fused-ring (bicyclic) bond motifs is 1. The van der Waals surface area contributed by atoms with Gasteiger partial charge in [-0.15, -0.1) is 0 Å². The number of hydrogen-bond acceptors (Lipinski definition) is 8. The Balaban J connectivity index is 1.48. The zero-order valence-corrected chi connectivity index (χ0v) is 24.0. The van der Waals surface area contributed by atoms with Crippen LogP contribution in [0.5, 0.6) is 5.75 Å². The van der Waals surface area contributed by atoms with Gasteiger partial charge in [0.15, 0.2) is 6.29 Å². The molecule has 2 aliphatic rings. The lowest BCUT2D eigenvalue weighted by Crippen LogP contribution is -2.43. The number of nitrogens with zero attached hydrogens (tertiary/aromatic N) is 1. The van der Waals surface area contributed by atoms with E-state index in [1.165, 1.54) is 23.5 Å². The number of hydrogen-bond donors (Lipinski definition) is 1. The molecule has 11 heteroatoms. The Kier molecular flexibility index (Phi) is 10.2. The van der Waals surface area contributed by atoms with Crippen LogP contribution in [0.1, 0.15) is 42.6 Å². The fourth-order valence-electron chi connectivity index (χ4n) is 5.04. The molecule has 2 aromatic rings. The SMILES string of the molecule is COc1ccc(S(=O)(=O)N(CC[C@H](Cc2ccc(C=O)cc2)NC(=O)OC2CO[C@H]3OCC[C@@H]23)CC(C)C)cc1. The van der Waals surface area contributed by atoms with Gasteiger partial charge in [0.2, 0.25) is 10.0 Å². The van der Waals surface area contributed by atoms with Gasteiger partial charge in [0.1, 0.15) is 18.1 Å². The molecule has 1 unspecified atom stereocenters. The first-order valence-electron chi connectivity index (χ1n) is 13.6. The zero-order valence-electron chi connectivity index (χ0n) is 23.2. The normalized spacial score (nSPS) is 21.3. The number of sulfonamides is 1. The Hall–Kier alpha value is -2.99. The van der Waals surface area contributed by atoms with Gasteiger partial charge < -0.3 is 24.3 Å². The van der Waals surface area contributed by atoms with Crippen LogP contribution in [0.3, 0.4) is 0 Å². The second kappa shape index (κ2) is 13.6. The quantitative estimate of drug-likeness (QED) is 0.360. The van der Waals surface area contributed by atoms with Gasteiger partial charge in [0, 0.05) is 24.7 Å². The van der Waals surface area contributed by atoms with Crippen molar-refractivity contribution in [3.05, 3.63) is 59.7 Å². The molecule has 4 atom stereocenters. The highest BCUT2D eigenvalue weighted by Gasteiger charge is 2.44. The molecule has 218 valence electrons. The Bertz CT molecular complexity index is 1230. The van der Waals surface area contributed by atoms with Crippen LogP contribution in [0.25, 0.3) is 0 Å². The van der Waals surface area contributed by atoms with E-state index >= 15 is 0 Å². The van der Waals surface area contributed by atoms with Gasteiger partial charge >= 0.3 is 6.09 Å². The third-order valence-electron chi connectivity index (χ3n) is 7.16. The minimum absolute atomic E-state index is 0.0104. The lowest BCUT2D eigenvalue weighted by atomic mass is 10.0. The zero-order chi connectivity index (χ0) is 28.7. The van der Waals surface area contributed by atoms with Crippen molar-refractivity contribution in [1.82, 2.24) is 9.62 Å². The number of aldehydes is 1. The van der Waals surface area contributed by atoms with E-state index in [4.69, 9.17) is 18.9 Å². The Labute approximate surface area is 236 Å². The van der Waals surface area contributed by atoms with Crippen molar-refractivity contribution in [3.63, 3.8) is 0 Å². The standard InChI is InChI=1S/C29H38N2O8S/c1-20(2)17-31(40(34,35)25-10-8-24(36-3)9-11-25)14-12-23(16-21-4-6-22(18-32)7-5-21)30-29(33)39-27-19-38-28-26(27)13-15-37-28/h4-11,18,20,23,26-28H,12-17,19H2,1-3H3,(H,30,33)/t23-,26+,27?,28-/m1/s1. The van der Waals surface area contributed by atoms with Gasteiger partial charge in [-0.3, -0.25) is 4.79 Å². The summed E-state index contributed by atoms with van der Waals surface area (Å²) >= 11 is 0. The van der Waals surface area contributed by atoms with Gasteiger partial charge in [0.05, 0.1) is 31.1 Å². The molecular formula is C29H38N2O8S. The first-order valence-corrected chi connectivity index (χ1v) is 15.0. The minimum atomic E-state index is -3.79. The lowest BCUT2D eigenvalue weighted by Gasteiger charge is -2.27. The molecule has 2 heterocycles. The molecule has 2 fully saturated rings. The molecule has 0 radical (unpaired) electrons. The van der Waals surface area contributed by atoms with Gasteiger partial charge in [-0.1, -0.05) is 38.1 Å². The van der Waals surface area contributed by atoms with Gasteiger partial charge in [-0.25, -0.2) is 13.2 Å². The van der Waals surface area contributed by atoms with E-state index in [1.807, 2.05) is 26.0 Å². The highest BCUT2D eigenvalue weighted by Crippen LogP contribution is 2.33. The van der Waals surface area contributed by atoms with Crippen molar-refractivity contribution in [2.24, 2.45) is 11.8 Å². The fourth-order valence-corrected chi connectivity index (χ4v) is 6.66. The highest BCUT2D eigenvalue weighted by molar-refractivity contribution is 7.89. The molecule has 0 aliphatic carbocycles. The second-order valence-corrected chi connectivity index (χ2v) is 12.5. The summed E-state index contributed by atoms with van der Waals surface area (Å²) in [5.41, 5.74) is 1.45. The lowest BCUT2D eigenvalue weighted by molar-refractivity contribution is -0.0907. The fraction of sp³-hybridized carbons (Fsp3) is 0.517. The predicted octanol–water partition coefficient (Wildman–Crippen LogP) is 3.64. The average molecular weight is 575 g/mol. The van der Waals surface area contributed by atoms with Crippen LogP contribution in [-0.4, -0.2) is 77.0 Å². The Morgan fingerprint density at radius 2 is 1.85 bits per heavy atom. The van der Waals surface area contributed by atoms with Crippen molar-refractivity contribution >= 4 is 22.4 Å². The van der Waals surface area contributed by atoms with Crippen LogP contribution in [0, 0.1) is 11.8 Å². The number of rotatable bonds is 13. The number of carbonyl (C=O) groups excluding carboxylic acids is 2. The van der Waals surface area contributed by atoms with Crippen LogP contribution in [-0.2, 0) is 30.7 Å². The van der Waals surface area contributed by atoms with Gasteiger partial charge in [-0.05, 0) is 55.0 Å². The molecule has 0 aromatic heterocycles. The summed E-state index contributed by atoms with van der Waals surface area (Å²) in [6, 6.07) is 13.0. The molecule has 0 spiro atoms. The summed E-state index contributed by atoms with van der Waals surface area (Å²) < 4.78 is 50.6. The maximum Gasteiger partial charge on any atom is 0.407 e. The summed E-state index contributed by atoms with van der Waals surface area (Å²) in [5, 5.41) is 2.95. The van der Waals surface area contributed by atoms with E-state index in [-0.39, 0.29) is 36.2 Å². The van der Waals surface area contributed by atoms with E-state index in [0.29, 0.717) is 37.3 Å². The maximum absolute atomic E-state index is 13.6.